The highest BCUT2D eigenvalue weighted by Gasteiger charge is 2.02. The van der Waals surface area contributed by atoms with Gasteiger partial charge in [-0.25, -0.2) is 0 Å². The van der Waals surface area contributed by atoms with E-state index in [9.17, 15) is 4.79 Å². The van der Waals surface area contributed by atoms with Crippen molar-refractivity contribution >= 4 is 28.5 Å². The smallest absolute Gasteiger partial charge is 0.220 e. The molecule has 0 aromatic carbocycles. The van der Waals surface area contributed by atoms with Gasteiger partial charge in [0.2, 0.25) is 5.91 Å². The SMILES string of the molecule is CC(I)NCCNC(=O)CCC1=C/C=C\C=C/C=C\1. The Morgan fingerprint density at radius 2 is 1.95 bits per heavy atom. The third kappa shape index (κ3) is 8.77. The summed E-state index contributed by atoms with van der Waals surface area (Å²) in [5.74, 6) is 0.110. The maximum absolute atomic E-state index is 11.7. The molecule has 0 radical (unpaired) electrons. The van der Waals surface area contributed by atoms with Crippen LogP contribution in [-0.2, 0) is 4.79 Å². The number of allylic oxidation sites excluding steroid dienone is 8. The number of carbonyl (C=O) groups excluding carboxylic acids is 1. The van der Waals surface area contributed by atoms with E-state index in [1.54, 1.807) is 0 Å². The van der Waals surface area contributed by atoms with Crippen molar-refractivity contribution in [1.29, 1.82) is 0 Å². The molecule has 3 nitrogen and oxygen atoms in total. The Hall–Kier alpha value is -0.880. The lowest BCUT2D eigenvalue weighted by Crippen LogP contribution is -2.33. The lowest BCUT2D eigenvalue weighted by atomic mass is 10.1. The third-order valence-electron chi connectivity index (χ3n) is 2.58. The van der Waals surface area contributed by atoms with E-state index in [1.165, 1.54) is 5.57 Å². The van der Waals surface area contributed by atoms with Crippen LogP contribution in [0, 0.1) is 0 Å². The molecule has 104 valence electrons. The molecule has 0 spiro atoms. The van der Waals surface area contributed by atoms with Crippen LogP contribution in [-0.4, -0.2) is 23.0 Å². The fourth-order valence-corrected chi connectivity index (χ4v) is 1.90. The number of carbonyl (C=O) groups is 1. The van der Waals surface area contributed by atoms with E-state index >= 15 is 0 Å². The molecule has 4 heteroatoms. The molecule has 0 saturated carbocycles. The van der Waals surface area contributed by atoms with Gasteiger partial charge in [0.15, 0.2) is 0 Å². The van der Waals surface area contributed by atoms with Crippen molar-refractivity contribution in [2.45, 2.75) is 23.8 Å². The molecule has 1 aliphatic carbocycles. The maximum Gasteiger partial charge on any atom is 0.220 e. The number of amides is 1. The molecule has 0 bridgehead atoms. The number of hydrogen-bond donors (Lipinski definition) is 2. The van der Waals surface area contributed by atoms with Gasteiger partial charge in [0.25, 0.3) is 0 Å². The molecular formula is C15H21IN2O. The zero-order valence-electron chi connectivity index (χ0n) is 11.2. The molecule has 1 rings (SSSR count). The molecule has 0 fully saturated rings. The first-order chi connectivity index (χ1) is 9.18. The van der Waals surface area contributed by atoms with Crippen LogP contribution in [0.15, 0.2) is 48.1 Å². The lowest BCUT2D eigenvalue weighted by molar-refractivity contribution is -0.121. The number of nitrogens with one attached hydrogen (secondary N) is 2. The second-order valence-corrected chi connectivity index (χ2v) is 6.16. The summed E-state index contributed by atoms with van der Waals surface area (Å²) in [7, 11) is 0. The van der Waals surface area contributed by atoms with Crippen molar-refractivity contribution in [2.24, 2.45) is 0 Å². The third-order valence-corrected chi connectivity index (χ3v) is 3.02. The molecule has 0 aromatic heterocycles. The number of alkyl halides is 1. The summed E-state index contributed by atoms with van der Waals surface area (Å²) in [6.07, 6.45) is 15.4. The summed E-state index contributed by atoms with van der Waals surface area (Å²) in [6.45, 7) is 3.58. The second kappa shape index (κ2) is 9.97. The van der Waals surface area contributed by atoms with Crippen LogP contribution in [0.3, 0.4) is 0 Å². The van der Waals surface area contributed by atoms with Gasteiger partial charge in [-0.05, 0) is 18.9 Å². The number of hydrogen-bond acceptors (Lipinski definition) is 2. The van der Waals surface area contributed by atoms with E-state index < -0.39 is 0 Å². The van der Waals surface area contributed by atoms with Crippen LogP contribution in [0.2, 0.25) is 0 Å². The van der Waals surface area contributed by atoms with Gasteiger partial charge in [0.1, 0.15) is 0 Å². The van der Waals surface area contributed by atoms with Crippen molar-refractivity contribution < 1.29 is 4.79 Å². The minimum Gasteiger partial charge on any atom is -0.355 e. The fourth-order valence-electron chi connectivity index (χ4n) is 1.59. The van der Waals surface area contributed by atoms with Gasteiger partial charge in [0.05, 0.1) is 4.05 Å². The van der Waals surface area contributed by atoms with E-state index in [4.69, 9.17) is 0 Å². The first kappa shape index (κ1) is 16.2. The summed E-state index contributed by atoms with van der Waals surface area (Å²) in [6, 6.07) is 0. The van der Waals surface area contributed by atoms with Crippen LogP contribution >= 0.6 is 22.6 Å². The van der Waals surface area contributed by atoms with Crippen LogP contribution in [0.25, 0.3) is 0 Å². The van der Waals surface area contributed by atoms with Gasteiger partial charge in [-0.1, -0.05) is 65.1 Å². The Balaban J connectivity index is 2.19. The highest BCUT2D eigenvalue weighted by Crippen LogP contribution is 2.09. The summed E-state index contributed by atoms with van der Waals surface area (Å²) in [5.41, 5.74) is 1.18. The van der Waals surface area contributed by atoms with Gasteiger partial charge in [-0.2, -0.15) is 0 Å². The van der Waals surface area contributed by atoms with Gasteiger partial charge in [-0.3, -0.25) is 4.79 Å². The average Bonchev–Trinajstić information content (AvgIpc) is 2.33. The van der Waals surface area contributed by atoms with Crippen molar-refractivity contribution in [3.05, 3.63) is 48.1 Å². The molecule has 1 aliphatic rings. The standard InChI is InChI=1S/C15H21IN2O/c1-13(16)17-11-12-18-15(19)10-9-14-7-5-3-2-4-6-8-14/h2-8,13,17H,9-12H2,1H3,(H,18,19)/b3-2-,4-2?,5-3?,6-4-,7-5-,8-6?,14-7?,14-8+. The minimum atomic E-state index is 0.110. The zero-order valence-corrected chi connectivity index (χ0v) is 13.4. The van der Waals surface area contributed by atoms with Crippen molar-refractivity contribution in [3.8, 4) is 0 Å². The summed E-state index contributed by atoms with van der Waals surface area (Å²) in [5, 5.41) is 6.17. The topological polar surface area (TPSA) is 41.1 Å². The van der Waals surface area contributed by atoms with E-state index in [0.29, 0.717) is 17.0 Å². The molecular weight excluding hydrogens is 351 g/mol. The molecule has 0 saturated heterocycles. The molecule has 0 aliphatic heterocycles. The summed E-state index contributed by atoms with van der Waals surface area (Å²) < 4.78 is 0.430. The van der Waals surface area contributed by atoms with Gasteiger partial charge in [0, 0.05) is 19.5 Å². The van der Waals surface area contributed by atoms with Gasteiger partial charge >= 0.3 is 0 Å². The zero-order chi connectivity index (χ0) is 13.9. The molecule has 19 heavy (non-hydrogen) atoms. The van der Waals surface area contributed by atoms with E-state index in [0.717, 1.165) is 13.0 Å². The van der Waals surface area contributed by atoms with Crippen molar-refractivity contribution in [1.82, 2.24) is 10.6 Å². The molecule has 1 atom stereocenters. The first-order valence-electron chi connectivity index (χ1n) is 6.53. The predicted octanol–water partition coefficient (Wildman–Crippen LogP) is 2.86. The average molecular weight is 372 g/mol. The molecule has 0 aromatic rings. The Kier molecular flexibility index (Phi) is 8.49. The van der Waals surface area contributed by atoms with Crippen LogP contribution in [0.4, 0.5) is 0 Å². The summed E-state index contributed by atoms with van der Waals surface area (Å²) in [4.78, 5) is 11.7. The van der Waals surface area contributed by atoms with E-state index in [-0.39, 0.29) is 5.91 Å². The maximum atomic E-state index is 11.7. The monoisotopic (exact) mass is 372 g/mol. The normalized spacial score (nSPS) is 23.4. The highest BCUT2D eigenvalue weighted by atomic mass is 127. The lowest BCUT2D eigenvalue weighted by Gasteiger charge is -2.08. The van der Waals surface area contributed by atoms with Crippen molar-refractivity contribution in [3.63, 3.8) is 0 Å². The molecule has 1 amide bonds. The van der Waals surface area contributed by atoms with Crippen LogP contribution in [0.5, 0.6) is 0 Å². The summed E-state index contributed by atoms with van der Waals surface area (Å²) >= 11 is 2.30. The minimum absolute atomic E-state index is 0.110. The molecule has 1 unspecified atom stereocenters. The van der Waals surface area contributed by atoms with Crippen molar-refractivity contribution in [2.75, 3.05) is 13.1 Å². The van der Waals surface area contributed by atoms with E-state index in [2.05, 4.69) is 40.1 Å². The van der Waals surface area contributed by atoms with E-state index in [1.807, 2.05) is 42.5 Å². The molecule has 0 heterocycles. The van der Waals surface area contributed by atoms with Gasteiger partial charge in [-0.15, -0.1) is 0 Å². The Bertz CT molecular complexity index is 395. The van der Waals surface area contributed by atoms with Gasteiger partial charge < -0.3 is 10.6 Å². The predicted molar refractivity (Wildman–Crippen MR) is 89.2 cm³/mol. The Labute approximate surface area is 129 Å². The molecule has 2 N–H and O–H groups in total. The number of halogens is 1. The Morgan fingerprint density at radius 3 is 2.74 bits per heavy atom. The Morgan fingerprint density at radius 1 is 1.21 bits per heavy atom. The van der Waals surface area contributed by atoms with Crippen LogP contribution < -0.4 is 10.6 Å². The largest absolute Gasteiger partial charge is 0.355 e. The fraction of sp³-hybridized carbons (Fsp3) is 0.400. The second-order valence-electron chi connectivity index (χ2n) is 4.29. The first-order valence-corrected chi connectivity index (χ1v) is 7.78. The number of rotatable bonds is 7. The van der Waals surface area contributed by atoms with Crippen LogP contribution in [0.1, 0.15) is 19.8 Å². The quantitative estimate of drug-likeness (QED) is 0.312. The highest BCUT2D eigenvalue weighted by molar-refractivity contribution is 14.1.